The van der Waals surface area contributed by atoms with Crippen molar-refractivity contribution in [3.05, 3.63) is 64.7 Å². The van der Waals surface area contributed by atoms with E-state index in [1.54, 1.807) is 11.0 Å². The number of aliphatic hydroxyl groups is 1. The highest BCUT2D eigenvalue weighted by atomic mass is 16.5. The summed E-state index contributed by atoms with van der Waals surface area (Å²) in [5, 5.41) is 11.5. The second kappa shape index (κ2) is 11.6. The first-order valence-electron chi connectivity index (χ1n) is 12.5. The summed E-state index contributed by atoms with van der Waals surface area (Å²) in [7, 11) is 3.83. The first-order chi connectivity index (χ1) is 17.0. The Morgan fingerprint density at radius 1 is 1.08 bits per heavy atom. The maximum absolute atomic E-state index is 13.3. The molecule has 36 heavy (non-hydrogen) atoms. The van der Waals surface area contributed by atoms with E-state index >= 15 is 0 Å². The number of amides is 1. The maximum atomic E-state index is 13.3. The van der Waals surface area contributed by atoms with Gasteiger partial charge < -0.3 is 24.4 Å². The van der Waals surface area contributed by atoms with Gasteiger partial charge in [-0.3, -0.25) is 9.59 Å². The molecule has 1 saturated heterocycles. The molecule has 7 heteroatoms. The minimum atomic E-state index is -0.727. The smallest absolute Gasteiger partial charge is 0.295 e. The van der Waals surface area contributed by atoms with Crippen LogP contribution in [0.4, 0.5) is 0 Å². The first-order valence-corrected chi connectivity index (χ1v) is 12.5. The molecule has 1 N–H and O–H groups in total. The summed E-state index contributed by atoms with van der Waals surface area (Å²) >= 11 is 0. The third kappa shape index (κ3) is 5.90. The molecule has 2 aromatic rings. The number of likely N-dealkylation sites (N-methyl/N-ethyl adjacent to an activating group) is 1. The Labute approximate surface area is 214 Å². The van der Waals surface area contributed by atoms with E-state index in [-0.39, 0.29) is 23.4 Å². The highest BCUT2D eigenvalue weighted by molar-refractivity contribution is 6.46. The summed E-state index contributed by atoms with van der Waals surface area (Å²) < 4.78 is 11.6. The molecule has 1 aliphatic heterocycles. The summed E-state index contributed by atoms with van der Waals surface area (Å²) in [6.45, 7) is 11.3. The number of hydrogen-bond acceptors (Lipinski definition) is 6. The molecule has 1 atom stereocenters. The van der Waals surface area contributed by atoms with Gasteiger partial charge in [-0.25, -0.2) is 0 Å². The number of carbonyl (C=O) groups excluding carboxylic acids is 2. The molecule has 1 unspecified atom stereocenters. The van der Waals surface area contributed by atoms with E-state index in [0.717, 1.165) is 11.3 Å². The van der Waals surface area contributed by atoms with Gasteiger partial charge in [0.1, 0.15) is 17.3 Å². The van der Waals surface area contributed by atoms with Gasteiger partial charge in [0.15, 0.2) is 0 Å². The van der Waals surface area contributed by atoms with Crippen LogP contribution in [0.1, 0.15) is 63.3 Å². The van der Waals surface area contributed by atoms with Crippen molar-refractivity contribution >= 4 is 17.4 Å². The average molecular weight is 495 g/mol. The molecular formula is C29H38N2O5. The summed E-state index contributed by atoms with van der Waals surface area (Å²) in [5.41, 5.74) is 2.20. The Bertz CT molecular complexity index is 1140. The SMILES string of the molecule is CCOc1ccc(/C(O)=C2\C(=O)C(=O)N(CCN(C)C)C2c2cccc(OC(C)C)c2)cc1C(C)C. The molecule has 0 saturated carbocycles. The number of benzene rings is 2. The molecule has 1 fully saturated rings. The topological polar surface area (TPSA) is 79.3 Å². The first kappa shape index (κ1) is 27.3. The fraction of sp³-hybridized carbons (Fsp3) is 0.448. The van der Waals surface area contributed by atoms with Gasteiger partial charge in [-0.1, -0.05) is 26.0 Å². The van der Waals surface area contributed by atoms with Crippen LogP contribution in [-0.4, -0.2) is 66.5 Å². The number of Topliss-reactive ketones (excluding diaryl/α,β-unsaturated/α-hetero) is 1. The second-order valence-electron chi connectivity index (χ2n) is 9.88. The van der Waals surface area contributed by atoms with E-state index in [1.807, 2.05) is 90.0 Å². The molecular weight excluding hydrogens is 456 g/mol. The van der Waals surface area contributed by atoms with Crippen molar-refractivity contribution in [2.24, 2.45) is 0 Å². The molecule has 1 amide bonds. The Hall–Kier alpha value is -3.32. The Balaban J connectivity index is 2.18. The molecule has 0 aliphatic carbocycles. The quantitative estimate of drug-likeness (QED) is 0.285. The number of carbonyl (C=O) groups is 2. The van der Waals surface area contributed by atoms with E-state index in [2.05, 4.69) is 0 Å². The standard InChI is InChI=1S/C29H38N2O5/c1-8-35-24-13-12-21(17-23(24)18(2)3)27(32)25-26(20-10-9-11-22(16-20)36-19(4)5)31(15-14-30(6)7)29(34)28(25)33/h9-13,16-19,26,32H,8,14-15H2,1-7H3/b27-25+. The second-order valence-corrected chi connectivity index (χ2v) is 9.88. The van der Waals surface area contributed by atoms with Gasteiger partial charge in [-0.2, -0.15) is 0 Å². The van der Waals surface area contributed by atoms with Crippen molar-refractivity contribution in [3.8, 4) is 11.5 Å². The van der Waals surface area contributed by atoms with Crippen LogP contribution in [0.2, 0.25) is 0 Å². The summed E-state index contributed by atoms with van der Waals surface area (Å²) in [6, 6.07) is 12.0. The van der Waals surface area contributed by atoms with Crippen LogP contribution < -0.4 is 9.47 Å². The zero-order valence-corrected chi connectivity index (χ0v) is 22.4. The van der Waals surface area contributed by atoms with E-state index in [4.69, 9.17) is 9.47 Å². The molecule has 2 aromatic carbocycles. The van der Waals surface area contributed by atoms with Crippen molar-refractivity contribution < 1.29 is 24.2 Å². The summed E-state index contributed by atoms with van der Waals surface area (Å²) in [5.74, 6) is 0.0303. The van der Waals surface area contributed by atoms with Crippen LogP contribution in [0, 0.1) is 0 Å². The number of ketones is 1. The van der Waals surface area contributed by atoms with Crippen LogP contribution in [0.5, 0.6) is 11.5 Å². The zero-order chi connectivity index (χ0) is 26.6. The van der Waals surface area contributed by atoms with Gasteiger partial charge in [0.25, 0.3) is 11.7 Å². The zero-order valence-electron chi connectivity index (χ0n) is 22.4. The van der Waals surface area contributed by atoms with Gasteiger partial charge in [0.2, 0.25) is 0 Å². The lowest BCUT2D eigenvalue weighted by atomic mass is 9.93. The van der Waals surface area contributed by atoms with Crippen molar-refractivity contribution in [3.63, 3.8) is 0 Å². The fourth-order valence-corrected chi connectivity index (χ4v) is 4.38. The molecule has 0 spiro atoms. The van der Waals surface area contributed by atoms with Crippen molar-refractivity contribution in [2.75, 3.05) is 33.8 Å². The molecule has 1 heterocycles. The van der Waals surface area contributed by atoms with Crippen molar-refractivity contribution in [1.29, 1.82) is 0 Å². The average Bonchev–Trinajstić information content (AvgIpc) is 3.07. The van der Waals surface area contributed by atoms with E-state index < -0.39 is 17.7 Å². The largest absolute Gasteiger partial charge is 0.507 e. The number of hydrogen-bond donors (Lipinski definition) is 1. The van der Waals surface area contributed by atoms with Crippen LogP contribution in [0.3, 0.4) is 0 Å². The predicted molar refractivity (Wildman–Crippen MR) is 141 cm³/mol. The molecule has 194 valence electrons. The predicted octanol–water partition coefficient (Wildman–Crippen LogP) is 4.98. The minimum absolute atomic E-state index is 0.0290. The fourth-order valence-electron chi connectivity index (χ4n) is 4.38. The van der Waals surface area contributed by atoms with Gasteiger partial charge in [-0.05, 0) is 82.2 Å². The van der Waals surface area contributed by atoms with Gasteiger partial charge in [0, 0.05) is 18.7 Å². The molecule has 3 rings (SSSR count). The summed E-state index contributed by atoms with van der Waals surface area (Å²) in [6.07, 6.45) is -0.0290. The third-order valence-corrected chi connectivity index (χ3v) is 6.08. The van der Waals surface area contributed by atoms with Gasteiger partial charge >= 0.3 is 0 Å². The molecule has 0 aromatic heterocycles. The number of aliphatic hydroxyl groups excluding tert-OH is 1. The Morgan fingerprint density at radius 2 is 1.81 bits per heavy atom. The van der Waals surface area contributed by atoms with Gasteiger partial charge in [0.05, 0.1) is 24.3 Å². The molecule has 7 nitrogen and oxygen atoms in total. The lowest BCUT2D eigenvalue weighted by Gasteiger charge is -2.27. The highest BCUT2D eigenvalue weighted by Gasteiger charge is 2.46. The lowest BCUT2D eigenvalue weighted by molar-refractivity contribution is -0.140. The summed E-state index contributed by atoms with van der Waals surface area (Å²) in [4.78, 5) is 30.0. The number of rotatable bonds is 10. The highest BCUT2D eigenvalue weighted by Crippen LogP contribution is 2.41. The van der Waals surface area contributed by atoms with E-state index in [1.165, 1.54) is 0 Å². The van der Waals surface area contributed by atoms with Crippen LogP contribution >= 0.6 is 0 Å². The normalized spacial score (nSPS) is 17.5. The van der Waals surface area contributed by atoms with Crippen LogP contribution in [0.15, 0.2) is 48.0 Å². The Morgan fingerprint density at radius 3 is 2.42 bits per heavy atom. The molecule has 0 radical (unpaired) electrons. The Kier molecular flexibility index (Phi) is 8.79. The van der Waals surface area contributed by atoms with E-state index in [0.29, 0.717) is 36.6 Å². The number of likely N-dealkylation sites (tertiary alicyclic amines) is 1. The van der Waals surface area contributed by atoms with Crippen molar-refractivity contribution in [1.82, 2.24) is 9.80 Å². The molecule has 0 bridgehead atoms. The van der Waals surface area contributed by atoms with E-state index in [9.17, 15) is 14.7 Å². The van der Waals surface area contributed by atoms with Crippen LogP contribution in [-0.2, 0) is 9.59 Å². The van der Waals surface area contributed by atoms with Crippen LogP contribution in [0.25, 0.3) is 5.76 Å². The van der Waals surface area contributed by atoms with Crippen molar-refractivity contribution in [2.45, 2.75) is 52.7 Å². The third-order valence-electron chi connectivity index (χ3n) is 6.08. The number of ether oxygens (including phenoxy) is 2. The monoisotopic (exact) mass is 494 g/mol. The number of nitrogens with zero attached hydrogens (tertiary/aromatic N) is 2. The molecule has 1 aliphatic rings. The lowest BCUT2D eigenvalue weighted by Crippen LogP contribution is -2.35. The maximum Gasteiger partial charge on any atom is 0.295 e. The van der Waals surface area contributed by atoms with Gasteiger partial charge in [-0.15, -0.1) is 0 Å². The minimum Gasteiger partial charge on any atom is -0.507 e.